The summed E-state index contributed by atoms with van der Waals surface area (Å²) < 4.78 is 6.24. The van der Waals surface area contributed by atoms with Gasteiger partial charge in [0.2, 0.25) is 11.8 Å². The molecule has 0 unspecified atom stereocenters. The number of halogens is 1. The third kappa shape index (κ3) is 5.08. The van der Waals surface area contributed by atoms with Gasteiger partial charge >= 0.3 is 0 Å². The standard InChI is InChI=1S/C21H23BrN2O3S/c1-14-13-24(17-5-3-4-6-19(17)28-14)21(26)10-9-20(25)23-12-15-11-16(22)7-8-18(15)27-2/h3-8,11,14H,9-10,12-13H2,1-2H3,(H,23,25)/t14-/m1/s1. The van der Waals surface area contributed by atoms with Crippen LogP contribution in [0.3, 0.4) is 0 Å². The Hall–Kier alpha value is -1.99. The van der Waals surface area contributed by atoms with Gasteiger partial charge in [-0.25, -0.2) is 0 Å². The van der Waals surface area contributed by atoms with Crippen molar-refractivity contribution in [1.82, 2.24) is 5.32 Å². The van der Waals surface area contributed by atoms with E-state index >= 15 is 0 Å². The van der Waals surface area contributed by atoms with E-state index in [-0.39, 0.29) is 24.7 Å². The number of fused-ring (bicyclic) bond motifs is 1. The number of benzene rings is 2. The Morgan fingerprint density at radius 3 is 2.82 bits per heavy atom. The Morgan fingerprint density at radius 1 is 1.25 bits per heavy atom. The van der Waals surface area contributed by atoms with Crippen molar-refractivity contribution in [2.75, 3.05) is 18.6 Å². The fourth-order valence-electron chi connectivity index (χ4n) is 3.15. The van der Waals surface area contributed by atoms with Crippen LogP contribution in [0.4, 0.5) is 5.69 Å². The highest BCUT2D eigenvalue weighted by atomic mass is 79.9. The maximum absolute atomic E-state index is 12.7. The summed E-state index contributed by atoms with van der Waals surface area (Å²) in [6, 6.07) is 13.6. The van der Waals surface area contributed by atoms with E-state index in [1.807, 2.05) is 42.5 Å². The Balaban J connectivity index is 1.55. The molecule has 5 nitrogen and oxygen atoms in total. The number of hydrogen-bond acceptors (Lipinski definition) is 4. The number of thioether (sulfide) groups is 1. The number of methoxy groups -OCH3 is 1. The van der Waals surface area contributed by atoms with Gasteiger partial charge in [-0.1, -0.05) is 35.0 Å². The van der Waals surface area contributed by atoms with Crippen LogP contribution in [-0.2, 0) is 16.1 Å². The molecule has 0 aromatic heterocycles. The number of nitrogens with one attached hydrogen (secondary N) is 1. The van der Waals surface area contributed by atoms with Crippen LogP contribution < -0.4 is 15.0 Å². The maximum atomic E-state index is 12.7. The molecule has 0 fully saturated rings. The van der Waals surface area contributed by atoms with E-state index in [2.05, 4.69) is 28.2 Å². The lowest BCUT2D eigenvalue weighted by molar-refractivity contribution is -0.125. The number of para-hydroxylation sites is 1. The first-order valence-corrected chi connectivity index (χ1v) is 10.8. The Labute approximate surface area is 178 Å². The van der Waals surface area contributed by atoms with Gasteiger partial charge < -0.3 is 15.0 Å². The van der Waals surface area contributed by atoms with Crippen LogP contribution in [0.5, 0.6) is 5.75 Å². The number of carbonyl (C=O) groups is 2. The number of rotatable bonds is 6. The third-order valence-corrected chi connectivity index (χ3v) is 6.15. The van der Waals surface area contributed by atoms with Crippen LogP contribution in [-0.4, -0.2) is 30.7 Å². The molecule has 0 bridgehead atoms. The van der Waals surface area contributed by atoms with Gasteiger partial charge in [-0.2, -0.15) is 0 Å². The molecule has 2 aromatic carbocycles. The van der Waals surface area contributed by atoms with Crippen molar-refractivity contribution in [3.63, 3.8) is 0 Å². The molecule has 0 spiro atoms. The zero-order valence-electron chi connectivity index (χ0n) is 15.9. The smallest absolute Gasteiger partial charge is 0.227 e. The summed E-state index contributed by atoms with van der Waals surface area (Å²) in [4.78, 5) is 27.9. The number of anilines is 1. The second kappa shape index (κ2) is 9.47. The van der Waals surface area contributed by atoms with Crippen LogP contribution in [0, 0.1) is 0 Å². The highest BCUT2D eigenvalue weighted by molar-refractivity contribution is 9.10. The molecule has 1 N–H and O–H groups in total. The number of ether oxygens (including phenoxy) is 1. The fourth-order valence-corrected chi connectivity index (χ4v) is 4.67. The van der Waals surface area contributed by atoms with E-state index in [1.54, 1.807) is 23.8 Å². The quantitative estimate of drug-likeness (QED) is 0.691. The average molecular weight is 463 g/mol. The summed E-state index contributed by atoms with van der Waals surface area (Å²) >= 11 is 5.20. The van der Waals surface area contributed by atoms with Crippen LogP contribution in [0.1, 0.15) is 25.3 Å². The summed E-state index contributed by atoms with van der Waals surface area (Å²) in [6.07, 6.45) is 0.350. The monoisotopic (exact) mass is 462 g/mol. The molecule has 0 saturated heterocycles. The molecule has 1 aliphatic heterocycles. The minimum Gasteiger partial charge on any atom is -0.496 e. The van der Waals surface area contributed by atoms with E-state index < -0.39 is 0 Å². The molecule has 0 aliphatic carbocycles. The van der Waals surface area contributed by atoms with Gasteiger partial charge in [-0.15, -0.1) is 11.8 Å². The number of amides is 2. The Bertz CT molecular complexity index is 874. The van der Waals surface area contributed by atoms with Crippen molar-refractivity contribution in [2.45, 2.75) is 36.5 Å². The summed E-state index contributed by atoms with van der Waals surface area (Å²) in [5.41, 5.74) is 1.82. The SMILES string of the molecule is COc1ccc(Br)cc1CNC(=O)CCC(=O)N1C[C@@H](C)Sc2ccccc21. The van der Waals surface area contributed by atoms with Gasteiger partial charge in [-0.05, 0) is 30.3 Å². The van der Waals surface area contributed by atoms with Crippen LogP contribution >= 0.6 is 27.7 Å². The molecule has 7 heteroatoms. The van der Waals surface area contributed by atoms with Crippen molar-refractivity contribution in [3.8, 4) is 5.75 Å². The summed E-state index contributed by atoms with van der Waals surface area (Å²) in [7, 11) is 1.60. The highest BCUT2D eigenvalue weighted by Crippen LogP contribution is 2.38. The molecule has 2 amide bonds. The Kier molecular flexibility index (Phi) is 7.02. The molecule has 28 heavy (non-hydrogen) atoms. The lowest BCUT2D eigenvalue weighted by Gasteiger charge is -2.32. The van der Waals surface area contributed by atoms with E-state index in [1.165, 1.54) is 0 Å². The molecule has 1 atom stereocenters. The molecule has 0 radical (unpaired) electrons. The first-order valence-electron chi connectivity index (χ1n) is 9.13. The fraction of sp³-hybridized carbons (Fsp3) is 0.333. The van der Waals surface area contributed by atoms with Crippen molar-refractivity contribution in [1.29, 1.82) is 0 Å². The summed E-state index contributed by atoms with van der Waals surface area (Å²) in [5, 5.41) is 3.20. The van der Waals surface area contributed by atoms with Gasteiger partial charge in [0, 0.05) is 46.1 Å². The molecule has 3 rings (SSSR count). The van der Waals surface area contributed by atoms with Gasteiger partial charge in [0.1, 0.15) is 5.75 Å². The van der Waals surface area contributed by atoms with Gasteiger partial charge in [0.25, 0.3) is 0 Å². The molecule has 1 heterocycles. The maximum Gasteiger partial charge on any atom is 0.227 e. The molecular formula is C21H23BrN2O3S. The van der Waals surface area contributed by atoms with Gasteiger partial charge in [-0.3, -0.25) is 9.59 Å². The second-order valence-corrected chi connectivity index (χ2v) is 9.03. The zero-order chi connectivity index (χ0) is 20.1. The van der Waals surface area contributed by atoms with Crippen LogP contribution in [0.2, 0.25) is 0 Å². The third-order valence-electron chi connectivity index (χ3n) is 4.51. The lowest BCUT2D eigenvalue weighted by atomic mass is 10.2. The predicted molar refractivity (Wildman–Crippen MR) is 116 cm³/mol. The first kappa shape index (κ1) is 20.7. The second-order valence-electron chi connectivity index (χ2n) is 6.63. The summed E-state index contributed by atoms with van der Waals surface area (Å²) in [5.74, 6) is 0.550. The molecular weight excluding hydrogens is 440 g/mol. The normalized spacial score (nSPS) is 15.7. The Morgan fingerprint density at radius 2 is 2.04 bits per heavy atom. The minimum atomic E-state index is -0.150. The van der Waals surface area contributed by atoms with Gasteiger partial charge in [0.15, 0.2) is 0 Å². The van der Waals surface area contributed by atoms with E-state index in [4.69, 9.17) is 4.74 Å². The predicted octanol–water partition coefficient (Wildman–Crippen LogP) is 4.38. The number of hydrogen-bond donors (Lipinski definition) is 1. The first-order chi connectivity index (χ1) is 13.5. The number of carbonyl (C=O) groups excluding carboxylic acids is 2. The largest absolute Gasteiger partial charge is 0.496 e. The van der Waals surface area contributed by atoms with E-state index in [0.717, 1.165) is 26.4 Å². The van der Waals surface area contributed by atoms with Crippen molar-refractivity contribution >= 4 is 45.2 Å². The van der Waals surface area contributed by atoms with E-state index in [0.29, 0.717) is 18.3 Å². The lowest BCUT2D eigenvalue weighted by Crippen LogP contribution is -2.39. The van der Waals surface area contributed by atoms with Gasteiger partial charge in [0.05, 0.1) is 12.8 Å². The van der Waals surface area contributed by atoms with Crippen LogP contribution in [0.25, 0.3) is 0 Å². The van der Waals surface area contributed by atoms with Crippen LogP contribution in [0.15, 0.2) is 51.8 Å². The molecule has 2 aromatic rings. The topological polar surface area (TPSA) is 58.6 Å². The van der Waals surface area contributed by atoms with Crippen molar-refractivity contribution < 1.29 is 14.3 Å². The van der Waals surface area contributed by atoms with Crippen molar-refractivity contribution in [3.05, 3.63) is 52.5 Å². The molecule has 148 valence electrons. The summed E-state index contributed by atoms with van der Waals surface area (Å²) in [6.45, 7) is 3.13. The van der Waals surface area contributed by atoms with E-state index in [9.17, 15) is 9.59 Å². The highest BCUT2D eigenvalue weighted by Gasteiger charge is 2.26. The molecule has 0 saturated carbocycles. The average Bonchev–Trinajstić information content (AvgIpc) is 2.69. The van der Waals surface area contributed by atoms with Crippen molar-refractivity contribution in [2.24, 2.45) is 0 Å². The minimum absolute atomic E-state index is 0.0187. The molecule has 1 aliphatic rings. The number of nitrogens with zero attached hydrogens (tertiary/aromatic N) is 1. The zero-order valence-corrected chi connectivity index (χ0v) is 18.3.